The summed E-state index contributed by atoms with van der Waals surface area (Å²) >= 11 is 0. The number of nitrogens with zero attached hydrogens (tertiary/aromatic N) is 5. The molecule has 176 valence electrons. The van der Waals surface area contributed by atoms with E-state index in [4.69, 9.17) is 0 Å². The smallest absolute Gasteiger partial charge is 0.300 e. The molecule has 1 fully saturated rings. The van der Waals surface area contributed by atoms with Crippen LogP contribution in [0.25, 0.3) is 16.7 Å². The van der Waals surface area contributed by atoms with Gasteiger partial charge in [0.25, 0.3) is 0 Å². The number of fused-ring (bicyclic) bond motifs is 1. The average Bonchev–Trinajstić information content (AvgIpc) is 3.52. The second kappa shape index (κ2) is 8.92. The number of aliphatic hydroxyl groups is 1. The largest absolute Gasteiger partial charge is 0.392 e. The van der Waals surface area contributed by atoms with E-state index in [-0.39, 0.29) is 11.7 Å². The lowest BCUT2D eigenvalue weighted by molar-refractivity contribution is 0.0680. The van der Waals surface area contributed by atoms with Gasteiger partial charge in [-0.05, 0) is 31.5 Å². The Hall–Kier alpha value is -3.70. The van der Waals surface area contributed by atoms with Crippen molar-refractivity contribution in [2.24, 2.45) is 0 Å². The molecule has 1 atom stereocenters. The van der Waals surface area contributed by atoms with E-state index in [0.717, 1.165) is 24.2 Å². The van der Waals surface area contributed by atoms with Gasteiger partial charge in [0, 0.05) is 72.0 Å². The Morgan fingerprint density at radius 3 is 2.97 bits per heavy atom. The first-order valence-electron chi connectivity index (χ1n) is 10.9. The molecular formula is C23H23F2N7O2. The SMILES string of the molecule is Cc1nn(-c2ccnc(Nc3ccc4[nH]cc(C(=O)C(F)F)c4c3)n2)cc1CN1CCC(O)C1. The molecule has 3 N–H and O–H groups in total. The molecule has 1 unspecified atom stereocenters. The number of H-pyrrole nitrogens is 1. The molecule has 0 aliphatic carbocycles. The van der Waals surface area contributed by atoms with Crippen LogP contribution in [0.5, 0.6) is 0 Å². The summed E-state index contributed by atoms with van der Waals surface area (Å²) in [6.07, 6.45) is 2.23. The lowest BCUT2D eigenvalue weighted by atomic mass is 10.1. The summed E-state index contributed by atoms with van der Waals surface area (Å²) in [6, 6.07) is 6.78. The maximum absolute atomic E-state index is 12.9. The molecule has 0 bridgehead atoms. The van der Waals surface area contributed by atoms with Crippen LogP contribution >= 0.6 is 0 Å². The van der Waals surface area contributed by atoms with Crippen molar-refractivity contribution in [2.45, 2.75) is 32.4 Å². The summed E-state index contributed by atoms with van der Waals surface area (Å²) in [5, 5.41) is 17.8. The lowest BCUT2D eigenvalue weighted by Gasteiger charge is -2.13. The highest BCUT2D eigenvalue weighted by molar-refractivity contribution is 6.10. The Balaban J connectivity index is 1.37. The topological polar surface area (TPSA) is 112 Å². The Kier molecular flexibility index (Phi) is 5.80. The standard InChI is InChI=1S/C23H23F2N7O2/c1-13-14(10-31-7-5-16(33)12-31)11-32(30-13)20-4-6-26-23(29-20)28-15-2-3-19-17(8-15)18(9-27-19)21(34)22(24)25/h2-4,6,8-9,11,16,22,27,33H,5,7,10,12H2,1H3,(H,26,28,29). The van der Waals surface area contributed by atoms with E-state index in [2.05, 4.69) is 30.3 Å². The molecule has 0 amide bonds. The number of aromatic amines is 1. The van der Waals surface area contributed by atoms with Crippen molar-refractivity contribution in [3.8, 4) is 5.82 Å². The van der Waals surface area contributed by atoms with Gasteiger partial charge in [0.2, 0.25) is 11.7 Å². The number of carbonyl (C=O) groups is 1. The second-order valence-corrected chi connectivity index (χ2v) is 8.35. The molecule has 1 aliphatic rings. The summed E-state index contributed by atoms with van der Waals surface area (Å²) in [6.45, 7) is 4.14. The van der Waals surface area contributed by atoms with Crippen molar-refractivity contribution in [1.82, 2.24) is 29.6 Å². The quantitative estimate of drug-likeness (QED) is 0.358. The van der Waals surface area contributed by atoms with E-state index < -0.39 is 12.2 Å². The Bertz CT molecular complexity index is 1350. The number of aliphatic hydroxyl groups excluding tert-OH is 1. The van der Waals surface area contributed by atoms with Crippen molar-refractivity contribution < 1.29 is 18.7 Å². The number of Topliss-reactive ketones (excluding diaryl/α,β-unsaturated/α-hetero) is 1. The van der Waals surface area contributed by atoms with Gasteiger partial charge in [-0.2, -0.15) is 10.1 Å². The number of nitrogens with one attached hydrogen (secondary N) is 2. The van der Waals surface area contributed by atoms with Crippen LogP contribution < -0.4 is 5.32 Å². The second-order valence-electron chi connectivity index (χ2n) is 8.35. The van der Waals surface area contributed by atoms with E-state index in [1.54, 1.807) is 35.1 Å². The zero-order valence-corrected chi connectivity index (χ0v) is 18.4. The lowest BCUT2D eigenvalue weighted by Crippen LogP contribution is -2.21. The molecule has 5 rings (SSSR count). The molecular weight excluding hydrogens is 444 g/mol. The number of hydrogen-bond donors (Lipinski definition) is 3. The van der Waals surface area contributed by atoms with Crippen molar-refractivity contribution in [3.63, 3.8) is 0 Å². The summed E-state index contributed by atoms with van der Waals surface area (Å²) in [5.74, 6) is -0.369. The zero-order chi connectivity index (χ0) is 23.8. The minimum absolute atomic E-state index is 0.0617. The van der Waals surface area contributed by atoms with Crippen molar-refractivity contribution in [1.29, 1.82) is 0 Å². The van der Waals surface area contributed by atoms with Crippen LogP contribution in [-0.2, 0) is 6.54 Å². The van der Waals surface area contributed by atoms with Gasteiger partial charge in [0.15, 0.2) is 5.82 Å². The first kappa shape index (κ1) is 22.1. The fourth-order valence-electron chi connectivity index (χ4n) is 4.15. The van der Waals surface area contributed by atoms with Gasteiger partial charge < -0.3 is 15.4 Å². The third kappa shape index (κ3) is 4.39. The number of rotatable bonds is 7. The molecule has 3 aromatic heterocycles. The van der Waals surface area contributed by atoms with E-state index in [1.165, 1.54) is 6.20 Å². The van der Waals surface area contributed by atoms with Crippen molar-refractivity contribution >= 4 is 28.3 Å². The van der Waals surface area contributed by atoms with Crippen LogP contribution in [0.3, 0.4) is 0 Å². The number of halogens is 2. The molecule has 0 spiro atoms. The molecule has 4 aromatic rings. The highest BCUT2D eigenvalue weighted by Crippen LogP contribution is 2.26. The molecule has 1 aliphatic heterocycles. The number of alkyl halides is 2. The van der Waals surface area contributed by atoms with Crippen LogP contribution in [-0.4, -0.2) is 66.1 Å². The average molecular weight is 467 g/mol. The Labute approximate surface area is 193 Å². The highest BCUT2D eigenvalue weighted by atomic mass is 19.3. The van der Waals surface area contributed by atoms with Gasteiger partial charge in [-0.3, -0.25) is 9.69 Å². The highest BCUT2D eigenvalue weighted by Gasteiger charge is 2.22. The first-order valence-corrected chi connectivity index (χ1v) is 10.9. The maximum Gasteiger partial charge on any atom is 0.300 e. The predicted octanol–water partition coefficient (Wildman–Crippen LogP) is 3.21. The van der Waals surface area contributed by atoms with Gasteiger partial charge in [-0.15, -0.1) is 0 Å². The van der Waals surface area contributed by atoms with Crippen LogP contribution in [0.1, 0.15) is 28.0 Å². The summed E-state index contributed by atoms with van der Waals surface area (Å²) < 4.78 is 27.5. The number of benzene rings is 1. The Morgan fingerprint density at radius 1 is 1.35 bits per heavy atom. The number of ketones is 1. The molecule has 4 heterocycles. The van der Waals surface area contributed by atoms with E-state index in [1.807, 2.05) is 13.1 Å². The molecule has 34 heavy (non-hydrogen) atoms. The van der Waals surface area contributed by atoms with Crippen LogP contribution in [0.4, 0.5) is 20.4 Å². The van der Waals surface area contributed by atoms with E-state index >= 15 is 0 Å². The molecule has 1 saturated heterocycles. The molecule has 0 saturated carbocycles. The van der Waals surface area contributed by atoms with Gasteiger partial charge in [-0.25, -0.2) is 18.4 Å². The summed E-state index contributed by atoms with van der Waals surface area (Å²) in [4.78, 5) is 25.6. The number of hydrogen-bond acceptors (Lipinski definition) is 7. The molecule has 11 heteroatoms. The normalized spacial score (nSPS) is 16.6. The van der Waals surface area contributed by atoms with E-state index in [9.17, 15) is 18.7 Å². The van der Waals surface area contributed by atoms with Crippen molar-refractivity contribution in [2.75, 3.05) is 18.4 Å². The third-order valence-electron chi connectivity index (χ3n) is 5.92. The number of anilines is 2. The minimum Gasteiger partial charge on any atom is -0.392 e. The van der Waals surface area contributed by atoms with Gasteiger partial charge >= 0.3 is 6.43 Å². The monoisotopic (exact) mass is 467 g/mol. The van der Waals surface area contributed by atoms with Crippen molar-refractivity contribution in [3.05, 3.63) is 59.7 Å². The van der Waals surface area contributed by atoms with Gasteiger partial charge in [0.1, 0.15) is 0 Å². The number of aromatic nitrogens is 5. The van der Waals surface area contributed by atoms with Gasteiger partial charge in [-0.1, -0.05) is 0 Å². The third-order valence-corrected chi connectivity index (χ3v) is 5.92. The fraction of sp³-hybridized carbons (Fsp3) is 0.304. The number of β-amino-alcohol motifs (C(OH)–C–C–N with tert-alkyl or cyclic N) is 1. The zero-order valence-electron chi connectivity index (χ0n) is 18.4. The molecule has 9 nitrogen and oxygen atoms in total. The van der Waals surface area contributed by atoms with Crippen LogP contribution in [0.15, 0.2) is 42.9 Å². The molecule has 0 radical (unpaired) electrons. The maximum atomic E-state index is 12.9. The van der Waals surface area contributed by atoms with Crippen LogP contribution in [0, 0.1) is 6.92 Å². The van der Waals surface area contributed by atoms with E-state index in [0.29, 0.717) is 41.4 Å². The summed E-state index contributed by atoms with van der Waals surface area (Å²) in [5.41, 5.74) is 3.00. The number of carbonyl (C=O) groups excluding carboxylic acids is 1. The number of aryl methyl sites for hydroxylation is 1. The summed E-state index contributed by atoms with van der Waals surface area (Å²) in [7, 11) is 0. The fourth-order valence-corrected chi connectivity index (χ4v) is 4.15. The predicted molar refractivity (Wildman–Crippen MR) is 122 cm³/mol. The first-order chi connectivity index (χ1) is 16.4. The molecule has 1 aromatic carbocycles. The number of likely N-dealkylation sites (tertiary alicyclic amines) is 1. The van der Waals surface area contributed by atoms with Crippen LogP contribution in [0.2, 0.25) is 0 Å². The van der Waals surface area contributed by atoms with Gasteiger partial charge in [0.05, 0.1) is 11.8 Å². The Morgan fingerprint density at radius 2 is 2.21 bits per heavy atom. The minimum atomic E-state index is -3.08.